The van der Waals surface area contributed by atoms with Crippen molar-refractivity contribution < 1.29 is 18.3 Å². The minimum atomic E-state index is -2.15. The van der Waals surface area contributed by atoms with Crippen LogP contribution in [0.15, 0.2) is 0 Å². The Morgan fingerprint density at radius 1 is 0.800 bits per heavy atom. The highest BCUT2D eigenvalue weighted by Gasteiger charge is 2.58. The summed E-state index contributed by atoms with van der Waals surface area (Å²) in [6, 6.07) is 1.06. The standard InChI is InChI=1S/C11H24O3Si.C9H20O/c1-5-8-11(12-2)9-6-7-10-15(11,13-3)14-4;1-3-5-7-9-10-8-6-4-2/h5-10H2,1-4H3;3-9H2,1-2H3. The van der Waals surface area contributed by atoms with Crippen molar-refractivity contribution in [1.82, 2.24) is 0 Å². The summed E-state index contributed by atoms with van der Waals surface area (Å²) in [6.45, 7) is 8.52. The molecule has 0 aromatic carbocycles. The zero-order valence-corrected chi connectivity index (χ0v) is 18.8. The van der Waals surface area contributed by atoms with Gasteiger partial charge in [-0.15, -0.1) is 0 Å². The molecule has 152 valence electrons. The predicted octanol–water partition coefficient (Wildman–Crippen LogP) is 5.62. The number of hydrogen-bond donors (Lipinski definition) is 0. The molecular formula is C20H44O4Si. The van der Waals surface area contributed by atoms with Gasteiger partial charge in [-0.25, -0.2) is 0 Å². The van der Waals surface area contributed by atoms with E-state index in [2.05, 4.69) is 20.8 Å². The van der Waals surface area contributed by atoms with Gasteiger partial charge in [0.15, 0.2) is 0 Å². The lowest BCUT2D eigenvalue weighted by Gasteiger charge is -2.47. The Bertz CT molecular complexity index is 285. The summed E-state index contributed by atoms with van der Waals surface area (Å²) < 4.78 is 22.8. The van der Waals surface area contributed by atoms with Gasteiger partial charge in [-0.1, -0.05) is 59.3 Å². The molecule has 0 N–H and O–H groups in total. The fourth-order valence-electron chi connectivity index (χ4n) is 3.73. The number of methoxy groups -OCH3 is 1. The third-order valence-electron chi connectivity index (χ3n) is 5.27. The molecule has 4 nitrogen and oxygen atoms in total. The van der Waals surface area contributed by atoms with E-state index in [1.165, 1.54) is 44.9 Å². The molecule has 0 aliphatic carbocycles. The molecule has 1 saturated heterocycles. The molecule has 0 saturated carbocycles. The highest BCUT2D eigenvalue weighted by molar-refractivity contribution is 6.70. The SMILES string of the molecule is CCCC1(OC)CCCC[Si]1(OC)OC.CCCCCOCCCC. The number of ether oxygens (including phenoxy) is 2. The van der Waals surface area contributed by atoms with E-state index in [4.69, 9.17) is 18.3 Å². The molecule has 0 aromatic heterocycles. The molecule has 1 aliphatic heterocycles. The largest absolute Gasteiger partial charge is 0.396 e. The lowest BCUT2D eigenvalue weighted by molar-refractivity contribution is -0.0149. The van der Waals surface area contributed by atoms with Crippen LogP contribution in [0.3, 0.4) is 0 Å². The first-order valence-corrected chi connectivity index (χ1v) is 12.4. The smallest absolute Gasteiger partial charge is 0.370 e. The van der Waals surface area contributed by atoms with Crippen LogP contribution in [-0.2, 0) is 18.3 Å². The van der Waals surface area contributed by atoms with Gasteiger partial charge in [0.05, 0.1) is 0 Å². The maximum absolute atomic E-state index is 5.83. The van der Waals surface area contributed by atoms with Crippen LogP contribution in [0.1, 0.15) is 85.0 Å². The Morgan fingerprint density at radius 3 is 1.96 bits per heavy atom. The average molecular weight is 377 g/mol. The Balaban J connectivity index is 0.000000504. The van der Waals surface area contributed by atoms with E-state index in [0.717, 1.165) is 38.5 Å². The zero-order chi connectivity index (χ0) is 19.0. The topological polar surface area (TPSA) is 36.9 Å². The molecule has 0 aromatic rings. The van der Waals surface area contributed by atoms with Crippen LogP contribution in [0.25, 0.3) is 0 Å². The second-order valence-electron chi connectivity index (χ2n) is 6.99. The van der Waals surface area contributed by atoms with Crippen molar-refractivity contribution in [2.75, 3.05) is 34.5 Å². The number of unbranched alkanes of at least 4 members (excludes halogenated alkanes) is 3. The van der Waals surface area contributed by atoms with Gasteiger partial charge in [-0.05, 0) is 31.7 Å². The minimum Gasteiger partial charge on any atom is -0.396 e. The molecule has 1 rings (SSSR count). The summed E-state index contributed by atoms with van der Waals surface area (Å²) >= 11 is 0. The van der Waals surface area contributed by atoms with Gasteiger partial charge in [0.2, 0.25) is 0 Å². The third-order valence-corrected chi connectivity index (χ3v) is 9.69. The van der Waals surface area contributed by atoms with E-state index in [1.807, 2.05) is 0 Å². The van der Waals surface area contributed by atoms with Crippen LogP contribution in [-0.4, -0.2) is 48.3 Å². The molecular weight excluding hydrogens is 332 g/mol. The van der Waals surface area contributed by atoms with E-state index in [1.54, 1.807) is 21.3 Å². The molecule has 5 heteroatoms. The monoisotopic (exact) mass is 376 g/mol. The highest BCUT2D eigenvalue weighted by atomic mass is 28.4. The summed E-state index contributed by atoms with van der Waals surface area (Å²) in [5.74, 6) is 0. The first-order valence-electron chi connectivity index (χ1n) is 10.3. The molecule has 0 radical (unpaired) electrons. The van der Waals surface area contributed by atoms with Crippen LogP contribution < -0.4 is 0 Å². The molecule has 1 aliphatic rings. The zero-order valence-electron chi connectivity index (χ0n) is 17.8. The van der Waals surface area contributed by atoms with Crippen LogP contribution in [0.4, 0.5) is 0 Å². The fourth-order valence-corrected chi connectivity index (χ4v) is 7.72. The Labute approximate surface area is 158 Å². The first kappa shape index (κ1) is 25.1. The van der Waals surface area contributed by atoms with Crippen molar-refractivity contribution in [3.8, 4) is 0 Å². The molecule has 1 unspecified atom stereocenters. The van der Waals surface area contributed by atoms with Crippen molar-refractivity contribution in [3.63, 3.8) is 0 Å². The van der Waals surface area contributed by atoms with Gasteiger partial charge in [0.25, 0.3) is 0 Å². The van der Waals surface area contributed by atoms with Crippen molar-refractivity contribution in [2.24, 2.45) is 0 Å². The van der Waals surface area contributed by atoms with E-state index in [9.17, 15) is 0 Å². The predicted molar refractivity (Wildman–Crippen MR) is 108 cm³/mol. The van der Waals surface area contributed by atoms with Gasteiger partial charge in [-0.2, -0.15) is 0 Å². The average Bonchev–Trinajstić information content (AvgIpc) is 2.66. The van der Waals surface area contributed by atoms with Gasteiger partial charge >= 0.3 is 8.56 Å². The summed E-state index contributed by atoms with van der Waals surface area (Å²) in [5.41, 5.74) is 0. The van der Waals surface area contributed by atoms with Crippen molar-refractivity contribution >= 4 is 8.56 Å². The Morgan fingerprint density at radius 2 is 1.44 bits per heavy atom. The van der Waals surface area contributed by atoms with E-state index in [-0.39, 0.29) is 5.22 Å². The lowest BCUT2D eigenvalue weighted by atomic mass is 10.1. The Kier molecular flexibility index (Phi) is 15.2. The van der Waals surface area contributed by atoms with Crippen LogP contribution in [0.2, 0.25) is 6.04 Å². The molecule has 1 atom stereocenters. The quantitative estimate of drug-likeness (QED) is 0.327. The van der Waals surface area contributed by atoms with E-state index in [0.29, 0.717) is 0 Å². The van der Waals surface area contributed by atoms with Gasteiger partial charge in [-0.3, -0.25) is 0 Å². The van der Waals surface area contributed by atoms with Gasteiger partial charge in [0.1, 0.15) is 5.22 Å². The molecule has 1 heterocycles. The third kappa shape index (κ3) is 8.08. The first-order chi connectivity index (χ1) is 12.1. The van der Waals surface area contributed by atoms with Crippen LogP contribution in [0.5, 0.6) is 0 Å². The second-order valence-corrected chi connectivity index (χ2v) is 10.7. The lowest BCUT2D eigenvalue weighted by Crippen LogP contribution is -2.64. The number of hydrogen-bond acceptors (Lipinski definition) is 4. The summed E-state index contributed by atoms with van der Waals surface area (Å²) in [4.78, 5) is 0. The molecule has 0 bridgehead atoms. The Hall–Kier alpha value is 0.0569. The van der Waals surface area contributed by atoms with Crippen molar-refractivity contribution in [2.45, 2.75) is 96.2 Å². The molecule has 1 fully saturated rings. The maximum Gasteiger partial charge on any atom is 0.370 e. The number of rotatable bonds is 12. The molecule has 25 heavy (non-hydrogen) atoms. The molecule has 0 spiro atoms. The van der Waals surface area contributed by atoms with Crippen LogP contribution >= 0.6 is 0 Å². The molecule has 0 amide bonds. The summed E-state index contributed by atoms with van der Waals surface area (Å²) in [7, 11) is 3.22. The second kappa shape index (κ2) is 15.1. The summed E-state index contributed by atoms with van der Waals surface area (Å²) in [5, 5.41) is -0.122. The van der Waals surface area contributed by atoms with E-state index >= 15 is 0 Å². The fraction of sp³-hybridized carbons (Fsp3) is 1.00. The minimum absolute atomic E-state index is 0.122. The van der Waals surface area contributed by atoms with Crippen LogP contribution in [0, 0.1) is 0 Å². The van der Waals surface area contributed by atoms with E-state index < -0.39 is 8.56 Å². The van der Waals surface area contributed by atoms with Gasteiger partial charge < -0.3 is 18.3 Å². The van der Waals surface area contributed by atoms with Gasteiger partial charge in [0, 0.05) is 34.5 Å². The normalized spacial score (nSPS) is 22.3. The van der Waals surface area contributed by atoms with Crippen molar-refractivity contribution in [3.05, 3.63) is 0 Å². The maximum atomic E-state index is 5.83. The summed E-state index contributed by atoms with van der Waals surface area (Å²) in [6.07, 6.45) is 12.0. The highest BCUT2D eigenvalue weighted by Crippen LogP contribution is 2.42. The van der Waals surface area contributed by atoms with Crippen molar-refractivity contribution in [1.29, 1.82) is 0 Å².